The van der Waals surface area contributed by atoms with Gasteiger partial charge in [0.1, 0.15) is 5.82 Å². The van der Waals surface area contributed by atoms with Gasteiger partial charge in [-0.25, -0.2) is 22.3 Å². The number of carbonyl (C=O) groups is 1. The summed E-state index contributed by atoms with van der Waals surface area (Å²) in [5.74, 6) is -1.55. The largest absolute Gasteiger partial charge is 0.465 e. The molecule has 1 rings (SSSR count). The molecule has 1 N–H and O–H groups in total. The predicted octanol–water partition coefficient (Wildman–Crippen LogP) is 2.47. The average Bonchev–Trinajstić information content (AvgIpc) is 2.46. The highest BCUT2D eigenvalue weighted by Crippen LogP contribution is 2.18. The number of hydrogen-bond acceptors (Lipinski definition) is 4. The zero-order valence-electron chi connectivity index (χ0n) is 12.2. The van der Waals surface area contributed by atoms with Gasteiger partial charge in [-0.05, 0) is 24.6 Å². The molecule has 0 heterocycles. The Kier molecular flexibility index (Phi) is 6.77. The first-order valence-corrected chi connectivity index (χ1v) is 8.28. The molecule has 0 unspecified atom stereocenters. The average molecular weight is 317 g/mol. The van der Waals surface area contributed by atoms with Gasteiger partial charge in [-0.15, -0.1) is 0 Å². The highest BCUT2D eigenvalue weighted by molar-refractivity contribution is 7.89. The fourth-order valence-electron chi connectivity index (χ4n) is 1.83. The molecule has 118 valence electrons. The smallest absolute Gasteiger partial charge is 0.339 e. The summed E-state index contributed by atoms with van der Waals surface area (Å²) in [5.41, 5.74) is -0.181. The molecule has 21 heavy (non-hydrogen) atoms. The van der Waals surface area contributed by atoms with E-state index in [1.807, 2.05) is 0 Å². The van der Waals surface area contributed by atoms with Crippen LogP contribution in [0.3, 0.4) is 0 Å². The van der Waals surface area contributed by atoms with Gasteiger partial charge in [0, 0.05) is 6.54 Å². The van der Waals surface area contributed by atoms with Gasteiger partial charge >= 0.3 is 5.97 Å². The van der Waals surface area contributed by atoms with Crippen molar-refractivity contribution in [3.63, 3.8) is 0 Å². The minimum atomic E-state index is -3.95. The highest BCUT2D eigenvalue weighted by Gasteiger charge is 2.23. The first-order chi connectivity index (χ1) is 9.92. The zero-order valence-corrected chi connectivity index (χ0v) is 13.0. The SMILES string of the molecule is CCCCCCNS(=O)(=O)c1cc(F)ccc1C(=O)OC. The van der Waals surface area contributed by atoms with Crippen molar-refractivity contribution in [2.45, 2.75) is 37.5 Å². The Morgan fingerprint density at radius 3 is 2.62 bits per heavy atom. The molecule has 1 aromatic carbocycles. The van der Waals surface area contributed by atoms with E-state index < -0.39 is 26.7 Å². The summed E-state index contributed by atoms with van der Waals surface area (Å²) in [6.07, 6.45) is 3.67. The van der Waals surface area contributed by atoms with E-state index >= 15 is 0 Å². The second kappa shape index (κ2) is 8.09. The Morgan fingerprint density at radius 2 is 2.00 bits per heavy atom. The third kappa shape index (κ3) is 5.09. The van der Waals surface area contributed by atoms with E-state index in [-0.39, 0.29) is 12.1 Å². The minimum Gasteiger partial charge on any atom is -0.465 e. The van der Waals surface area contributed by atoms with E-state index in [0.717, 1.165) is 44.6 Å². The van der Waals surface area contributed by atoms with E-state index in [1.54, 1.807) is 0 Å². The molecule has 0 amide bonds. The van der Waals surface area contributed by atoms with Gasteiger partial charge in [-0.1, -0.05) is 26.2 Å². The Morgan fingerprint density at radius 1 is 1.29 bits per heavy atom. The number of ether oxygens (including phenoxy) is 1. The molecule has 0 spiro atoms. The fraction of sp³-hybridized carbons (Fsp3) is 0.500. The number of nitrogens with one attached hydrogen (secondary N) is 1. The van der Waals surface area contributed by atoms with Gasteiger partial charge in [-0.2, -0.15) is 0 Å². The molecule has 7 heteroatoms. The van der Waals surface area contributed by atoms with Crippen LogP contribution in [0.5, 0.6) is 0 Å². The number of halogens is 1. The van der Waals surface area contributed by atoms with Gasteiger partial charge in [-0.3, -0.25) is 0 Å². The number of benzene rings is 1. The van der Waals surface area contributed by atoms with Crippen molar-refractivity contribution in [3.8, 4) is 0 Å². The van der Waals surface area contributed by atoms with Gasteiger partial charge in [0.25, 0.3) is 0 Å². The fourth-order valence-corrected chi connectivity index (χ4v) is 3.11. The summed E-state index contributed by atoms with van der Waals surface area (Å²) < 4.78 is 44.5. The lowest BCUT2D eigenvalue weighted by Gasteiger charge is -2.10. The number of esters is 1. The quantitative estimate of drug-likeness (QED) is 0.590. The molecule has 0 aromatic heterocycles. The molecule has 1 aromatic rings. The van der Waals surface area contributed by atoms with E-state index in [0.29, 0.717) is 6.42 Å². The van der Waals surface area contributed by atoms with E-state index in [1.165, 1.54) is 0 Å². The maximum atomic E-state index is 13.3. The number of unbranched alkanes of at least 4 members (excludes halogenated alkanes) is 3. The molecule has 0 aliphatic rings. The maximum Gasteiger partial charge on any atom is 0.339 e. The molecular formula is C14H20FNO4S. The maximum absolute atomic E-state index is 13.3. The molecule has 0 fully saturated rings. The summed E-state index contributed by atoms with van der Waals surface area (Å²) >= 11 is 0. The lowest BCUT2D eigenvalue weighted by molar-refractivity contribution is 0.0596. The Labute approximate surface area is 124 Å². The molecule has 0 saturated heterocycles. The summed E-state index contributed by atoms with van der Waals surface area (Å²) in [5, 5.41) is 0. The van der Waals surface area contributed by atoms with Crippen LogP contribution in [0.25, 0.3) is 0 Å². The molecule has 5 nitrogen and oxygen atoms in total. The lowest BCUT2D eigenvalue weighted by Crippen LogP contribution is -2.27. The van der Waals surface area contributed by atoms with Crippen LogP contribution in [0.4, 0.5) is 4.39 Å². The molecule has 0 bridgehead atoms. The molecular weight excluding hydrogens is 297 g/mol. The van der Waals surface area contributed by atoms with Crippen molar-refractivity contribution < 1.29 is 22.3 Å². The van der Waals surface area contributed by atoms with E-state index in [2.05, 4.69) is 16.4 Å². The summed E-state index contributed by atoms with van der Waals surface area (Å²) in [7, 11) is -2.81. The van der Waals surface area contributed by atoms with Crippen LogP contribution in [0.2, 0.25) is 0 Å². The monoisotopic (exact) mass is 317 g/mol. The Hall–Kier alpha value is -1.47. The zero-order chi connectivity index (χ0) is 15.9. The third-order valence-electron chi connectivity index (χ3n) is 2.96. The first kappa shape index (κ1) is 17.6. The summed E-state index contributed by atoms with van der Waals surface area (Å²) in [6, 6.07) is 2.94. The lowest BCUT2D eigenvalue weighted by atomic mass is 10.2. The topological polar surface area (TPSA) is 72.5 Å². The summed E-state index contributed by atoms with van der Waals surface area (Å²) in [4.78, 5) is 11.2. The second-order valence-corrected chi connectivity index (χ2v) is 6.33. The van der Waals surface area contributed by atoms with Gasteiger partial charge in [0.15, 0.2) is 0 Å². The van der Waals surface area contributed by atoms with E-state index in [4.69, 9.17) is 0 Å². The van der Waals surface area contributed by atoms with Crippen molar-refractivity contribution in [3.05, 3.63) is 29.6 Å². The molecule has 0 atom stereocenters. The van der Waals surface area contributed by atoms with Crippen LogP contribution in [-0.2, 0) is 14.8 Å². The Bertz CT molecular complexity index is 587. The number of carbonyl (C=O) groups excluding carboxylic acids is 1. The second-order valence-electron chi connectivity index (χ2n) is 4.59. The van der Waals surface area contributed by atoms with Crippen molar-refractivity contribution >= 4 is 16.0 Å². The van der Waals surface area contributed by atoms with Gasteiger partial charge in [0.05, 0.1) is 17.6 Å². The van der Waals surface area contributed by atoms with Gasteiger partial charge < -0.3 is 4.74 Å². The normalized spacial score (nSPS) is 11.4. The highest BCUT2D eigenvalue weighted by atomic mass is 32.2. The van der Waals surface area contributed by atoms with Crippen LogP contribution in [0.15, 0.2) is 23.1 Å². The number of methoxy groups -OCH3 is 1. The minimum absolute atomic E-state index is 0.181. The Balaban J connectivity index is 2.91. The summed E-state index contributed by atoms with van der Waals surface area (Å²) in [6.45, 7) is 2.30. The molecule has 0 aliphatic heterocycles. The number of rotatable bonds is 8. The molecule has 0 saturated carbocycles. The number of sulfonamides is 1. The first-order valence-electron chi connectivity index (χ1n) is 6.80. The number of hydrogen-bond donors (Lipinski definition) is 1. The molecule has 0 aliphatic carbocycles. The van der Waals surface area contributed by atoms with E-state index in [9.17, 15) is 17.6 Å². The van der Waals surface area contributed by atoms with Gasteiger partial charge in [0.2, 0.25) is 10.0 Å². The van der Waals surface area contributed by atoms with Crippen LogP contribution in [-0.4, -0.2) is 28.0 Å². The standard InChI is InChI=1S/C14H20FNO4S/c1-3-4-5-6-9-16-21(18,19)13-10-11(15)7-8-12(13)14(17)20-2/h7-8,10,16H,3-6,9H2,1-2H3. The van der Waals surface area contributed by atoms with Crippen LogP contribution in [0, 0.1) is 5.82 Å². The van der Waals surface area contributed by atoms with Crippen LogP contribution >= 0.6 is 0 Å². The van der Waals surface area contributed by atoms with Crippen molar-refractivity contribution in [1.82, 2.24) is 4.72 Å². The van der Waals surface area contributed by atoms with Crippen LogP contribution < -0.4 is 4.72 Å². The van der Waals surface area contributed by atoms with Crippen LogP contribution in [0.1, 0.15) is 43.0 Å². The van der Waals surface area contributed by atoms with Crippen molar-refractivity contribution in [2.24, 2.45) is 0 Å². The van der Waals surface area contributed by atoms with Crippen molar-refractivity contribution in [1.29, 1.82) is 0 Å². The third-order valence-corrected chi connectivity index (χ3v) is 4.46. The predicted molar refractivity (Wildman–Crippen MR) is 77.1 cm³/mol. The van der Waals surface area contributed by atoms with Crippen molar-refractivity contribution in [2.75, 3.05) is 13.7 Å². The molecule has 0 radical (unpaired) electrons.